The Kier molecular flexibility index (Phi) is 5.87. The molecule has 0 aliphatic heterocycles. The number of hydrogen-bond acceptors (Lipinski definition) is 2. The zero-order valence-corrected chi connectivity index (χ0v) is 16.3. The summed E-state index contributed by atoms with van der Waals surface area (Å²) in [6.07, 6.45) is 1.70. The van der Waals surface area contributed by atoms with E-state index in [0.717, 1.165) is 22.2 Å². The molecular weight excluding hydrogens is 360 g/mol. The molecule has 1 heterocycles. The molecule has 2 aromatic carbocycles. The van der Waals surface area contributed by atoms with Crippen LogP contribution in [0.25, 0.3) is 10.9 Å². The van der Waals surface area contributed by atoms with Gasteiger partial charge in [0.1, 0.15) is 18.1 Å². The molecule has 0 atom stereocenters. The number of carbonyl (C=O) groups is 1. The molecule has 0 bridgehead atoms. The van der Waals surface area contributed by atoms with Gasteiger partial charge in [-0.25, -0.2) is 0 Å². The van der Waals surface area contributed by atoms with Crippen molar-refractivity contribution in [1.82, 2.24) is 9.88 Å². The minimum absolute atomic E-state index is 0.0478. The van der Waals surface area contributed by atoms with Gasteiger partial charge in [0, 0.05) is 23.0 Å². The molecule has 0 fully saturated rings. The fourth-order valence-electron chi connectivity index (χ4n) is 3.04. The third-order valence-corrected chi connectivity index (χ3v) is 4.38. The molecule has 3 rings (SSSR count). The number of amides is 1. The first-order valence-corrected chi connectivity index (χ1v) is 9.28. The number of nitrogens with one attached hydrogen (secondary N) is 1. The number of benzene rings is 2. The molecule has 4 nitrogen and oxygen atoms in total. The quantitative estimate of drug-likeness (QED) is 0.581. The fraction of sp³-hybridized carbons (Fsp3) is 0.227. The second-order valence-corrected chi connectivity index (χ2v) is 7.10. The predicted molar refractivity (Wildman–Crippen MR) is 111 cm³/mol. The van der Waals surface area contributed by atoms with Crippen LogP contribution in [-0.2, 0) is 6.54 Å². The van der Waals surface area contributed by atoms with Gasteiger partial charge in [-0.3, -0.25) is 4.79 Å². The second-order valence-electron chi connectivity index (χ2n) is 6.66. The minimum Gasteiger partial charge on any atom is -0.489 e. The number of aromatic nitrogens is 1. The largest absolute Gasteiger partial charge is 0.489 e. The Bertz CT molecular complexity index is 976. The van der Waals surface area contributed by atoms with E-state index in [1.807, 2.05) is 66.9 Å². The maximum absolute atomic E-state index is 12.8. The lowest BCUT2D eigenvalue weighted by Crippen LogP contribution is -2.31. The summed E-state index contributed by atoms with van der Waals surface area (Å²) in [6, 6.07) is 15.4. The normalized spacial score (nSPS) is 11.0. The van der Waals surface area contributed by atoms with Crippen LogP contribution in [0, 0.1) is 0 Å². The highest BCUT2D eigenvalue weighted by Gasteiger charge is 2.18. The molecule has 140 valence electrons. The highest BCUT2D eigenvalue weighted by Crippen LogP contribution is 2.30. The van der Waals surface area contributed by atoms with Crippen molar-refractivity contribution >= 4 is 28.4 Å². The van der Waals surface area contributed by atoms with Gasteiger partial charge >= 0.3 is 0 Å². The van der Waals surface area contributed by atoms with Gasteiger partial charge in [0.05, 0.1) is 5.52 Å². The summed E-state index contributed by atoms with van der Waals surface area (Å²) in [4.78, 5) is 12.8. The molecule has 3 aromatic rings. The third kappa shape index (κ3) is 4.34. The standard InChI is InChI=1S/C22H23ClN2O2/c1-4-11-27-21-10-6-9-19-18(21)13-20(22(26)24-15(2)3)25(19)14-16-7-5-8-17(23)12-16/h4-10,12-13,15H,1,11,14H2,2-3H3,(H,24,26). The Labute approximate surface area is 164 Å². The molecule has 1 N–H and O–H groups in total. The number of nitrogens with zero attached hydrogens (tertiary/aromatic N) is 1. The van der Waals surface area contributed by atoms with Gasteiger partial charge in [-0.2, -0.15) is 0 Å². The summed E-state index contributed by atoms with van der Waals surface area (Å²) in [5.41, 5.74) is 2.55. The molecule has 0 radical (unpaired) electrons. The molecule has 0 saturated heterocycles. The monoisotopic (exact) mass is 382 g/mol. The zero-order chi connectivity index (χ0) is 19.4. The summed E-state index contributed by atoms with van der Waals surface area (Å²) in [6.45, 7) is 8.53. The second kappa shape index (κ2) is 8.31. The Balaban J connectivity index is 2.12. The maximum atomic E-state index is 12.8. The molecule has 1 aromatic heterocycles. The number of ether oxygens (including phenoxy) is 1. The average Bonchev–Trinajstić information content (AvgIpc) is 2.99. The number of fused-ring (bicyclic) bond motifs is 1. The van der Waals surface area contributed by atoms with Gasteiger partial charge < -0.3 is 14.6 Å². The third-order valence-electron chi connectivity index (χ3n) is 4.14. The first kappa shape index (κ1) is 19.1. The van der Waals surface area contributed by atoms with Crippen molar-refractivity contribution in [2.24, 2.45) is 0 Å². The lowest BCUT2D eigenvalue weighted by atomic mass is 10.2. The van der Waals surface area contributed by atoms with Gasteiger partial charge in [-0.05, 0) is 49.7 Å². The minimum atomic E-state index is -0.113. The van der Waals surface area contributed by atoms with Gasteiger partial charge in [-0.15, -0.1) is 0 Å². The molecule has 0 aliphatic carbocycles. The SMILES string of the molecule is C=CCOc1cccc2c1cc(C(=O)NC(C)C)n2Cc1cccc(Cl)c1. The summed E-state index contributed by atoms with van der Waals surface area (Å²) in [5.74, 6) is 0.619. The first-order chi connectivity index (χ1) is 13.0. The van der Waals surface area contributed by atoms with E-state index in [4.69, 9.17) is 16.3 Å². The zero-order valence-electron chi connectivity index (χ0n) is 15.5. The molecule has 5 heteroatoms. The average molecular weight is 383 g/mol. The van der Waals surface area contributed by atoms with E-state index in [-0.39, 0.29) is 11.9 Å². The molecule has 0 saturated carbocycles. The smallest absolute Gasteiger partial charge is 0.268 e. The van der Waals surface area contributed by atoms with Crippen molar-refractivity contribution in [3.05, 3.63) is 77.5 Å². The van der Waals surface area contributed by atoms with E-state index < -0.39 is 0 Å². The van der Waals surface area contributed by atoms with Crippen molar-refractivity contribution in [2.75, 3.05) is 6.61 Å². The Morgan fingerprint density at radius 1 is 1.26 bits per heavy atom. The van der Waals surface area contributed by atoms with Gasteiger partial charge in [-0.1, -0.05) is 42.5 Å². The van der Waals surface area contributed by atoms with Gasteiger partial charge in [0.25, 0.3) is 5.91 Å². The van der Waals surface area contributed by atoms with Crippen molar-refractivity contribution < 1.29 is 9.53 Å². The van der Waals surface area contributed by atoms with Gasteiger partial charge in [0.2, 0.25) is 0 Å². The predicted octanol–water partition coefficient (Wildman–Crippen LogP) is 5.05. The van der Waals surface area contributed by atoms with Crippen molar-refractivity contribution in [3.63, 3.8) is 0 Å². The topological polar surface area (TPSA) is 43.3 Å². The van der Waals surface area contributed by atoms with Crippen molar-refractivity contribution in [3.8, 4) is 5.75 Å². The van der Waals surface area contributed by atoms with Gasteiger partial charge in [0.15, 0.2) is 0 Å². The van der Waals surface area contributed by atoms with Crippen LogP contribution >= 0.6 is 11.6 Å². The number of halogens is 1. The maximum Gasteiger partial charge on any atom is 0.268 e. The van der Waals surface area contributed by atoms with Crippen LogP contribution in [0.3, 0.4) is 0 Å². The number of carbonyl (C=O) groups excluding carboxylic acids is 1. The summed E-state index contributed by atoms with van der Waals surface area (Å²) in [5, 5.41) is 4.55. The fourth-order valence-corrected chi connectivity index (χ4v) is 3.26. The lowest BCUT2D eigenvalue weighted by Gasteiger charge is -2.13. The van der Waals surface area contributed by atoms with E-state index in [0.29, 0.717) is 23.9 Å². The molecule has 0 spiro atoms. The van der Waals surface area contributed by atoms with Crippen LogP contribution in [0.4, 0.5) is 0 Å². The highest BCUT2D eigenvalue weighted by atomic mass is 35.5. The van der Waals surface area contributed by atoms with E-state index >= 15 is 0 Å². The van der Waals surface area contributed by atoms with Crippen molar-refractivity contribution in [2.45, 2.75) is 26.4 Å². The van der Waals surface area contributed by atoms with E-state index in [1.54, 1.807) is 6.08 Å². The lowest BCUT2D eigenvalue weighted by molar-refractivity contribution is 0.0934. The Morgan fingerprint density at radius 2 is 2.04 bits per heavy atom. The number of hydrogen-bond donors (Lipinski definition) is 1. The summed E-state index contributed by atoms with van der Waals surface area (Å²) < 4.78 is 7.78. The number of rotatable bonds is 7. The molecular formula is C22H23ClN2O2. The summed E-state index contributed by atoms with van der Waals surface area (Å²) in [7, 11) is 0. The summed E-state index contributed by atoms with van der Waals surface area (Å²) >= 11 is 6.14. The molecule has 1 amide bonds. The van der Waals surface area contributed by atoms with Crippen molar-refractivity contribution in [1.29, 1.82) is 0 Å². The molecule has 0 aliphatic rings. The van der Waals surface area contributed by atoms with E-state index in [1.165, 1.54) is 0 Å². The van der Waals surface area contributed by atoms with E-state index in [9.17, 15) is 4.79 Å². The van der Waals surface area contributed by atoms with Crippen LogP contribution in [0.1, 0.15) is 29.9 Å². The molecule has 0 unspecified atom stereocenters. The van der Waals surface area contributed by atoms with Crippen LogP contribution in [0.2, 0.25) is 5.02 Å². The van der Waals surface area contributed by atoms with Crippen LogP contribution in [0.5, 0.6) is 5.75 Å². The van der Waals surface area contributed by atoms with Crippen LogP contribution in [-0.4, -0.2) is 23.1 Å². The Hall–Kier alpha value is -2.72. The van der Waals surface area contributed by atoms with Crippen LogP contribution in [0.15, 0.2) is 61.2 Å². The van der Waals surface area contributed by atoms with E-state index in [2.05, 4.69) is 11.9 Å². The molecule has 27 heavy (non-hydrogen) atoms. The highest BCUT2D eigenvalue weighted by molar-refractivity contribution is 6.30. The first-order valence-electron chi connectivity index (χ1n) is 8.91. The van der Waals surface area contributed by atoms with Crippen LogP contribution < -0.4 is 10.1 Å². The Morgan fingerprint density at radius 3 is 2.74 bits per heavy atom.